The van der Waals surface area contributed by atoms with Gasteiger partial charge in [0.2, 0.25) is 0 Å². The van der Waals surface area contributed by atoms with Gasteiger partial charge in [0.1, 0.15) is 18.1 Å². The fourth-order valence-electron chi connectivity index (χ4n) is 3.53. The first-order valence-corrected chi connectivity index (χ1v) is 11.3. The number of rotatable bonds is 9. The molecule has 0 spiro atoms. The second kappa shape index (κ2) is 10.9. The fourth-order valence-corrected chi connectivity index (χ4v) is 4.09. The topological polar surface area (TPSA) is 76.8 Å². The summed E-state index contributed by atoms with van der Waals surface area (Å²) in [5.74, 6) is 0.981. The molecule has 0 unspecified atom stereocenters. The third-order valence-corrected chi connectivity index (χ3v) is 5.87. The van der Waals surface area contributed by atoms with Gasteiger partial charge in [0.25, 0.3) is 0 Å². The number of ether oxygens (including phenoxy) is 2. The number of nitrogens with zero attached hydrogens (tertiary/aromatic N) is 3. The largest absolute Gasteiger partial charge is 0.492 e. The molecule has 1 N–H and O–H groups in total. The molecule has 0 radical (unpaired) electrons. The van der Waals surface area contributed by atoms with Crippen molar-refractivity contribution in [3.8, 4) is 22.8 Å². The average Bonchev–Trinajstić information content (AvgIpc) is 3.07. The normalized spacial score (nSPS) is 15.3. The SMILES string of the molecule is CCCCC(=O)Oc1ccc(OCCN2CCC(O)CC2)c(-c2c(Br)cnn2C)c1. The molecule has 2 aromatic rings. The van der Waals surface area contributed by atoms with Crippen LogP contribution in [0.2, 0.25) is 0 Å². The van der Waals surface area contributed by atoms with Crippen LogP contribution in [0.1, 0.15) is 39.0 Å². The first-order valence-electron chi connectivity index (χ1n) is 10.5. The van der Waals surface area contributed by atoms with Crippen LogP contribution in [-0.4, -0.2) is 58.1 Å². The van der Waals surface area contributed by atoms with Gasteiger partial charge in [-0.15, -0.1) is 0 Å². The number of benzene rings is 1. The number of aromatic nitrogens is 2. The minimum Gasteiger partial charge on any atom is -0.492 e. The summed E-state index contributed by atoms with van der Waals surface area (Å²) in [5.41, 5.74) is 1.68. The summed E-state index contributed by atoms with van der Waals surface area (Å²) in [6.45, 7) is 5.15. The summed E-state index contributed by atoms with van der Waals surface area (Å²) in [7, 11) is 1.86. The Morgan fingerprint density at radius 3 is 2.77 bits per heavy atom. The lowest BCUT2D eigenvalue weighted by Gasteiger charge is -2.29. The van der Waals surface area contributed by atoms with Crippen LogP contribution in [-0.2, 0) is 11.8 Å². The van der Waals surface area contributed by atoms with E-state index in [9.17, 15) is 9.90 Å². The molecule has 1 fully saturated rings. The number of carbonyl (C=O) groups excluding carboxylic acids is 1. The van der Waals surface area contributed by atoms with Gasteiger partial charge in [-0.25, -0.2) is 0 Å². The number of halogens is 1. The van der Waals surface area contributed by atoms with Crippen LogP contribution in [0.4, 0.5) is 0 Å². The predicted molar refractivity (Wildman–Crippen MR) is 119 cm³/mol. The number of likely N-dealkylation sites (tertiary alicyclic amines) is 1. The predicted octanol–water partition coefficient (Wildman–Crippen LogP) is 3.78. The lowest BCUT2D eigenvalue weighted by molar-refractivity contribution is -0.134. The summed E-state index contributed by atoms with van der Waals surface area (Å²) in [4.78, 5) is 14.4. The Morgan fingerprint density at radius 1 is 1.33 bits per heavy atom. The lowest BCUT2D eigenvalue weighted by Crippen LogP contribution is -2.38. The molecule has 0 aliphatic carbocycles. The highest BCUT2D eigenvalue weighted by Crippen LogP contribution is 2.37. The molecule has 3 rings (SSSR count). The molecule has 0 atom stereocenters. The Labute approximate surface area is 186 Å². The van der Waals surface area contributed by atoms with Crippen molar-refractivity contribution in [1.82, 2.24) is 14.7 Å². The van der Waals surface area contributed by atoms with Crippen molar-refractivity contribution in [3.63, 3.8) is 0 Å². The zero-order chi connectivity index (χ0) is 21.5. The minimum absolute atomic E-state index is 0.177. The van der Waals surface area contributed by atoms with E-state index in [-0.39, 0.29) is 12.1 Å². The second-order valence-electron chi connectivity index (χ2n) is 7.62. The van der Waals surface area contributed by atoms with Crippen LogP contribution < -0.4 is 9.47 Å². The maximum atomic E-state index is 12.1. The van der Waals surface area contributed by atoms with Gasteiger partial charge < -0.3 is 14.6 Å². The molecule has 2 heterocycles. The van der Waals surface area contributed by atoms with Gasteiger partial charge in [-0.3, -0.25) is 14.4 Å². The number of unbranched alkanes of at least 4 members (excludes halogenated alkanes) is 1. The molecule has 0 amide bonds. The van der Waals surface area contributed by atoms with Gasteiger partial charge in [0, 0.05) is 38.7 Å². The second-order valence-corrected chi connectivity index (χ2v) is 8.48. The third kappa shape index (κ3) is 6.06. The van der Waals surface area contributed by atoms with Gasteiger partial charge in [0.15, 0.2) is 0 Å². The van der Waals surface area contributed by atoms with Crippen molar-refractivity contribution in [3.05, 3.63) is 28.9 Å². The molecule has 0 bridgehead atoms. The number of piperidine rings is 1. The number of esters is 1. The third-order valence-electron chi connectivity index (χ3n) is 5.29. The molecule has 1 aromatic heterocycles. The molecule has 1 aliphatic rings. The molecule has 0 saturated carbocycles. The first kappa shape index (κ1) is 22.8. The minimum atomic E-state index is -0.229. The van der Waals surface area contributed by atoms with Crippen molar-refractivity contribution in [2.24, 2.45) is 7.05 Å². The van der Waals surface area contributed by atoms with E-state index >= 15 is 0 Å². The van der Waals surface area contributed by atoms with E-state index in [0.717, 1.165) is 61.0 Å². The first-order chi connectivity index (χ1) is 14.5. The van der Waals surface area contributed by atoms with Crippen LogP contribution in [0.25, 0.3) is 11.3 Å². The lowest BCUT2D eigenvalue weighted by atomic mass is 10.1. The Hall–Kier alpha value is -1.90. The van der Waals surface area contributed by atoms with E-state index in [4.69, 9.17) is 9.47 Å². The van der Waals surface area contributed by atoms with E-state index < -0.39 is 0 Å². The van der Waals surface area contributed by atoms with Crippen molar-refractivity contribution >= 4 is 21.9 Å². The summed E-state index contributed by atoms with van der Waals surface area (Å²) >= 11 is 3.56. The van der Waals surface area contributed by atoms with Gasteiger partial charge in [-0.05, 0) is 53.4 Å². The monoisotopic (exact) mass is 479 g/mol. The van der Waals surface area contributed by atoms with Crippen LogP contribution >= 0.6 is 15.9 Å². The molecular weight excluding hydrogens is 450 g/mol. The molecule has 30 heavy (non-hydrogen) atoms. The van der Waals surface area contributed by atoms with Gasteiger partial charge in [0.05, 0.1) is 22.5 Å². The number of aryl methyl sites for hydroxylation is 1. The number of hydrogen-bond acceptors (Lipinski definition) is 6. The highest BCUT2D eigenvalue weighted by atomic mass is 79.9. The standard InChI is InChI=1S/C22H30BrN3O4/c1-3-4-5-21(28)30-17-6-7-20(18(14-17)22-19(23)15-24-25(22)2)29-13-12-26-10-8-16(27)9-11-26/h6-7,14-16,27H,3-5,8-13H2,1-2H3. The summed E-state index contributed by atoms with van der Waals surface area (Å²) < 4.78 is 14.3. The molecule has 164 valence electrons. The summed E-state index contributed by atoms with van der Waals surface area (Å²) in [6.07, 6.45) is 5.35. The molecule has 1 aliphatic heterocycles. The molecule has 1 saturated heterocycles. The van der Waals surface area contributed by atoms with Crippen LogP contribution in [0.3, 0.4) is 0 Å². The number of hydrogen-bond donors (Lipinski definition) is 1. The van der Waals surface area contributed by atoms with Crippen molar-refractivity contribution < 1.29 is 19.4 Å². The van der Waals surface area contributed by atoms with E-state index in [0.29, 0.717) is 24.5 Å². The average molecular weight is 480 g/mol. The van der Waals surface area contributed by atoms with E-state index in [1.54, 1.807) is 16.9 Å². The fraction of sp³-hybridized carbons (Fsp3) is 0.545. The number of carbonyl (C=O) groups is 1. The molecule has 7 nitrogen and oxygen atoms in total. The van der Waals surface area contributed by atoms with Crippen LogP contribution in [0.15, 0.2) is 28.9 Å². The van der Waals surface area contributed by atoms with Gasteiger partial charge in [-0.2, -0.15) is 5.10 Å². The van der Waals surface area contributed by atoms with E-state index in [1.165, 1.54) is 0 Å². The van der Waals surface area contributed by atoms with Gasteiger partial charge in [-0.1, -0.05) is 13.3 Å². The molecule has 1 aromatic carbocycles. The number of aliphatic hydroxyl groups excluding tert-OH is 1. The van der Waals surface area contributed by atoms with Crippen molar-refractivity contribution in [1.29, 1.82) is 0 Å². The van der Waals surface area contributed by atoms with Crippen molar-refractivity contribution in [2.75, 3.05) is 26.2 Å². The Bertz CT molecular complexity index is 827. The van der Waals surface area contributed by atoms with E-state index in [1.807, 2.05) is 26.1 Å². The maximum absolute atomic E-state index is 12.1. The Morgan fingerprint density at radius 2 is 2.10 bits per heavy atom. The maximum Gasteiger partial charge on any atom is 0.311 e. The molecular formula is C22H30BrN3O4. The quantitative estimate of drug-likeness (QED) is 0.435. The highest BCUT2D eigenvalue weighted by Gasteiger charge is 2.19. The smallest absolute Gasteiger partial charge is 0.311 e. The summed E-state index contributed by atoms with van der Waals surface area (Å²) in [5, 5.41) is 14.0. The molecule has 8 heteroatoms. The van der Waals surface area contributed by atoms with E-state index in [2.05, 4.69) is 25.9 Å². The Balaban J connectivity index is 1.73. The van der Waals surface area contributed by atoms with Crippen molar-refractivity contribution in [2.45, 2.75) is 45.1 Å². The van der Waals surface area contributed by atoms with Crippen LogP contribution in [0, 0.1) is 0 Å². The zero-order valence-electron chi connectivity index (χ0n) is 17.6. The highest BCUT2D eigenvalue weighted by molar-refractivity contribution is 9.10. The van der Waals surface area contributed by atoms with Crippen LogP contribution in [0.5, 0.6) is 11.5 Å². The van der Waals surface area contributed by atoms with Gasteiger partial charge >= 0.3 is 5.97 Å². The zero-order valence-corrected chi connectivity index (χ0v) is 19.2. The Kier molecular flexibility index (Phi) is 8.30. The number of aliphatic hydroxyl groups is 1. The summed E-state index contributed by atoms with van der Waals surface area (Å²) in [6, 6.07) is 5.44.